The Morgan fingerprint density at radius 3 is 2.95 bits per heavy atom. The van der Waals surface area contributed by atoms with Gasteiger partial charge in [0.05, 0.1) is 12.7 Å². The van der Waals surface area contributed by atoms with Gasteiger partial charge in [-0.2, -0.15) is 5.10 Å². The normalized spacial score (nSPS) is 12.6. The fourth-order valence-corrected chi connectivity index (χ4v) is 2.27. The maximum atomic E-state index is 13.7. The van der Waals surface area contributed by atoms with Crippen molar-refractivity contribution in [2.24, 2.45) is 0 Å². The van der Waals surface area contributed by atoms with E-state index in [1.165, 1.54) is 6.07 Å². The van der Waals surface area contributed by atoms with Crippen LogP contribution in [0.1, 0.15) is 31.0 Å². The largest absolute Gasteiger partial charge is 0.310 e. The van der Waals surface area contributed by atoms with Gasteiger partial charge in [0.15, 0.2) is 0 Å². The summed E-state index contributed by atoms with van der Waals surface area (Å²) in [6, 6.07) is 5.34. The zero-order valence-corrected chi connectivity index (χ0v) is 12.6. The highest BCUT2D eigenvalue weighted by atomic mass is 79.9. The second kappa shape index (κ2) is 6.30. The summed E-state index contributed by atoms with van der Waals surface area (Å²) < 4.78 is 16.2. The number of nitrogens with one attached hydrogen (secondary N) is 1. The van der Waals surface area contributed by atoms with Crippen LogP contribution in [0.5, 0.6) is 0 Å². The van der Waals surface area contributed by atoms with Crippen LogP contribution in [0.3, 0.4) is 0 Å². The molecule has 0 amide bonds. The van der Waals surface area contributed by atoms with Gasteiger partial charge in [0.2, 0.25) is 0 Å². The van der Waals surface area contributed by atoms with Gasteiger partial charge in [0.25, 0.3) is 0 Å². The van der Waals surface area contributed by atoms with Gasteiger partial charge in [-0.15, -0.1) is 0 Å². The predicted octanol–water partition coefficient (Wildman–Crippen LogP) is 3.50. The molecule has 19 heavy (non-hydrogen) atoms. The van der Waals surface area contributed by atoms with Gasteiger partial charge >= 0.3 is 0 Å². The molecule has 1 aromatic carbocycles. The van der Waals surface area contributed by atoms with Gasteiger partial charge in [-0.25, -0.2) is 4.39 Å². The molecule has 102 valence electrons. The van der Waals surface area contributed by atoms with Gasteiger partial charge in [-0.05, 0) is 25.6 Å². The van der Waals surface area contributed by atoms with E-state index in [1.54, 1.807) is 10.7 Å². The third-order valence-electron chi connectivity index (χ3n) is 3.01. The summed E-state index contributed by atoms with van der Waals surface area (Å²) in [4.78, 5) is 0. The van der Waals surface area contributed by atoms with E-state index in [9.17, 15) is 4.39 Å². The number of nitrogens with zero attached hydrogens (tertiary/aromatic N) is 2. The van der Waals surface area contributed by atoms with E-state index in [2.05, 4.69) is 40.2 Å². The second-order valence-electron chi connectivity index (χ2n) is 4.49. The first kappa shape index (κ1) is 14.2. The molecule has 0 aliphatic carbocycles. The monoisotopic (exact) mass is 325 g/mol. The van der Waals surface area contributed by atoms with Crippen molar-refractivity contribution in [1.82, 2.24) is 15.1 Å². The highest BCUT2D eigenvalue weighted by Crippen LogP contribution is 2.17. The van der Waals surface area contributed by atoms with E-state index in [1.807, 2.05) is 18.5 Å². The summed E-state index contributed by atoms with van der Waals surface area (Å²) in [7, 11) is 0. The van der Waals surface area contributed by atoms with E-state index < -0.39 is 0 Å². The predicted molar refractivity (Wildman–Crippen MR) is 77.5 cm³/mol. The molecule has 1 N–H and O–H groups in total. The number of hydrogen-bond acceptors (Lipinski definition) is 2. The molecule has 0 aliphatic rings. The summed E-state index contributed by atoms with van der Waals surface area (Å²) >= 11 is 3.25. The molecule has 2 rings (SSSR count). The molecule has 0 fully saturated rings. The molecule has 1 unspecified atom stereocenters. The first-order valence-corrected chi connectivity index (χ1v) is 7.09. The molecular formula is C14H17BrFN3. The third-order valence-corrected chi connectivity index (χ3v) is 3.50. The molecule has 2 aromatic rings. The Hall–Kier alpha value is -1.20. The highest BCUT2D eigenvalue weighted by Gasteiger charge is 2.08. The first-order valence-electron chi connectivity index (χ1n) is 6.29. The number of rotatable bonds is 5. The Morgan fingerprint density at radius 2 is 2.26 bits per heavy atom. The Morgan fingerprint density at radius 1 is 1.47 bits per heavy atom. The van der Waals surface area contributed by atoms with Crippen molar-refractivity contribution in [3.63, 3.8) is 0 Å². The van der Waals surface area contributed by atoms with Crippen LogP contribution in [0.15, 0.2) is 35.1 Å². The molecule has 0 aliphatic heterocycles. The van der Waals surface area contributed by atoms with Crippen LogP contribution >= 0.6 is 15.9 Å². The second-order valence-corrected chi connectivity index (χ2v) is 5.40. The van der Waals surface area contributed by atoms with Gasteiger partial charge in [0.1, 0.15) is 5.82 Å². The quantitative estimate of drug-likeness (QED) is 0.911. The molecule has 5 heteroatoms. The van der Waals surface area contributed by atoms with Crippen molar-refractivity contribution in [2.45, 2.75) is 26.4 Å². The summed E-state index contributed by atoms with van der Waals surface area (Å²) in [5, 5.41) is 7.60. The minimum atomic E-state index is -0.217. The van der Waals surface area contributed by atoms with Crippen LogP contribution in [0, 0.1) is 5.82 Å². The van der Waals surface area contributed by atoms with Crippen LogP contribution in [0.25, 0.3) is 0 Å². The highest BCUT2D eigenvalue weighted by molar-refractivity contribution is 9.10. The fourth-order valence-electron chi connectivity index (χ4n) is 1.94. The minimum Gasteiger partial charge on any atom is -0.310 e. The van der Waals surface area contributed by atoms with Crippen LogP contribution in [0.2, 0.25) is 0 Å². The summed E-state index contributed by atoms with van der Waals surface area (Å²) in [6.07, 6.45) is 3.78. The maximum Gasteiger partial charge on any atom is 0.129 e. The standard InChI is InChI=1S/C14H17BrFN3/c1-3-17-10(2)12-7-18-19(9-12)8-11-4-5-13(15)6-14(11)16/h4-7,9-10,17H,3,8H2,1-2H3. The van der Waals surface area contributed by atoms with E-state index >= 15 is 0 Å². The smallest absolute Gasteiger partial charge is 0.129 e. The lowest BCUT2D eigenvalue weighted by Gasteiger charge is -2.09. The average molecular weight is 326 g/mol. The molecule has 0 saturated heterocycles. The van der Waals surface area contributed by atoms with Gasteiger partial charge in [-0.1, -0.05) is 28.9 Å². The van der Waals surface area contributed by atoms with Crippen LogP contribution in [-0.2, 0) is 6.54 Å². The number of halogens is 2. The molecule has 0 bridgehead atoms. The zero-order valence-electron chi connectivity index (χ0n) is 11.0. The number of aromatic nitrogens is 2. The zero-order chi connectivity index (χ0) is 13.8. The van der Waals surface area contributed by atoms with E-state index in [4.69, 9.17) is 0 Å². The average Bonchev–Trinajstić information content (AvgIpc) is 2.82. The number of hydrogen-bond donors (Lipinski definition) is 1. The van der Waals surface area contributed by atoms with Crippen LogP contribution in [0.4, 0.5) is 4.39 Å². The molecule has 0 spiro atoms. The topological polar surface area (TPSA) is 29.9 Å². The Bertz CT molecular complexity index is 553. The SMILES string of the molecule is CCNC(C)c1cnn(Cc2ccc(Br)cc2F)c1. The van der Waals surface area contributed by atoms with Gasteiger partial charge in [-0.3, -0.25) is 4.68 Å². The van der Waals surface area contributed by atoms with E-state index in [-0.39, 0.29) is 11.9 Å². The maximum absolute atomic E-state index is 13.7. The van der Waals surface area contributed by atoms with Crippen molar-refractivity contribution in [1.29, 1.82) is 0 Å². The Kier molecular flexibility index (Phi) is 4.71. The lowest BCUT2D eigenvalue weighted by atomic mass is 10.2. The van der Waals surface area contributed by atoms with Crippen molar-refractivity contribution in [3.8, 4) is 0 Å². The molecule has 0 radical (unpaired) electrons. The summed E-state index contributed by atoms with van der Waals surface area (Å²) in [5.74, 6) is -0.217. The van der Waals surface area contributed by atoms with Crippen LogP contribution < -0.4 is 5.32 Å². The molecule has 3 nitrogen and oxygen atoms in total. The van der Waals surface area contributed by atoms with Crippen molar-refractivity contribution in [3.05, 3.63) is 52.0 Å². The van der Waals surface area contributed by atoms with E-state index in [0.29, 0.717) is 12.1 Å². The molecule has 0 saturated carbocycles. The van der Waals surface area contributed by atoms with Gasteiger partial charge < -0.3 is 5.32 Å². The first-order chi connectivity index (χ1) is 9.10. The molecule has 1 aromatic heterocycles. The van der Waals surface area contributed by atoms with E-state index in [0.717, 1.165) is 16.6 Å². The summed E-state index contributed by atoms with van der Waals surface area (Å²) in [6.45, 7) is 5.51. The van der Waals surface area contributed by atoms with Crippen molar-refractivity contribution in [2.75, 3.05) is 6.54 Å². The Labute approximate surface area is 121 Å². The summed E-state index contributed by atoms with van der Waals surface area (Å²) in [5.41, 5.74) is 1.74. The van der Waals surface area contributed by atoms with Crippen molar-refractivity contribution >= 4 is 15.9 Å². The van der Waals surface area contributed by atoms with Crippen LogP contribution in [-0.4, -0.2) is 16.3 Å². The lowest BCUT2D eigenvalue weighted by Crippen LogP contribution is -2.17. The minimum absolute atomic E-state index is 0.217. The van der Waals surface area contributed by atoms with Gasteiger partial charge in [0, 0.05) is 27.8 Å². The molecular weight excluding hydrogens is 309 g/mol. The molecule has 1 atom stereocenters. The van der Waals surface area contributed by atoms with Crippen molar-refractivity contribution < 1.29 is 4.39 Å². The lowest BCUT2D eigenvalue weighted by molar-refractivity contribution is 0.581. The number of benzene rings is 1. The molecule has 1 heterocycles. The fraction of sp³-hybridized carbons (Fsp3) is 0.357. The Balaban J connectivity index is 2.11. The third kappa shape index (κ3) is 3.64.